The number of benzene rings is 1. The molecule has 1 aromatic rings. The average Bonchev–Trinajstić information content (AvgIpc) is 2.91. The topological polar surface area (TPSA) is 38.8 Å². The number of hydrogen-bond donors (Lipinski definition) is 0. The zero-order valence-electron chi connectivity index (χ0n) is 15.3. The molecule has 1 heterocycles. The van der Waals surface area contributed by atoms with E-state index in [1.165, 1.54) is 5.56 Å². The maximum Gasteiger partial charge on any atom is 0.246 e. The van der Waals surface area contributed by atoms with E-state index in [0.29, 0.717) is 6.61 Å². The smallest absolute Gasteiger partial charge is 0.246 e. The van der Waals surface area contributed by atoms with Crippen LogP contribution >= 0.6 is 0 Å². The molecule has 4 nitrogen and oxygen atoms in total. The predicted octanol–water partition coefficient (Wildman–Crippen LogP) is 4.07. The number of amides is 1. The molecule has 0 N–H and O–H groups in total. The minimum atomic E-state index is 0.0518. The van der Waals surface area contributed by atoms with Crippen molar-refractivity contribution in [2.24, 2.45) is 0 Å². The Balaban J connectivity index is 2.21. The van der Waals surface area contributed by atoms with Crippen molar-refractivity contribution >= 4 is 12.0 Å². The lowest BCUT2D eigenvalue weighted by Gasteiger charge is -2.19. The van der Waals surface area contributed by atoms with E-state index in [1.807, 2.05) is 30.0 Å². The first kappa shape index (κ1) is 18.4. The molecule has 1 unspecified atom stereocenters. The summed E-state index contributed by atoms with van der Waals surface area (Å²) in [5.41, 5.74) is 2.07. The van der Waals surface area contributed by atoms with Crippen molar-refractivity contribution in [3.05, 3.63) is 29.3 Å². The van der Waals surface area contributed by atoms with Gasteiger partial charge in [0.05, 0.1) is 6.61 Å². The Morgan fingerprint density at radius 3 is 2.62 bits per heavy atom. The second-order valence-electron chi connectivity index (χ2n) is 6.22. The van der Waals surface area contributed by atoms with Crippen LogP contribution in [0, 0.1) is 0 Å². The van der Waals surface area contributed by atoms with E-state index in [4.69, 9.17) is 9.47 Å². The summed E-state index contributed by atoms with van der Waals surface area (Å²) in [6.45, 7) is 10.4. The molecule has 0 radical (unpaired) electrons. The van der Waals surface area contributed by atoms with Crippen molar-refractivity contribution < 1.29 is 14.3 Å². The van der Waals surface area contributed by atoms with Gasteiger partial charge in [-0.25, -0.2) is 0 Å². The molecule has 0 aliphatic carbocycles. The Labute approximate surface area is 145 Å². The third-order valence-corrected chi connectivity index (χ3v) is 4.03. The lowest BCUT2D eigenvalue weighted by molar-refractivity contribution is -0.126. The molecule has 132 valence electrons. The molecule has 1 aliphatic rings. The Bertz CT molecular complexity index is 589. The van der Waals surface area contributed by atoms with E-state index in [2.05, 4.69) is 20.8 Å². The monoisotopic (exact) mass is 331 g/mol. The number of hydrogen-bond acceptors (Lipinski definition) is 3. The summed E-state index contributed by atoms with van der Waals surface area (Å²) in [5.74, 6) is 1.77. The van der Waals surface area contributed by atoms with Gasteiger partial charge in [-0.05, 0) is 44.9 Å². The quantitative estimate of drug-likeness (QED) is 0.674. The van der Waals surface area contributed by atoms with Gasteiger partial charge in [-0.2, -0.15) is 0 Å². The Morgan fingerprint density at radius 2 is 2.00 bits per heavy atom. The highest BCUT2D eigenvalue weighted by atomic mass is 16.5. The fourth-order valence-electron chi connectivity index (χ4n) is 3.00. The number of carbonyl (C=O) groups is 1. The Hall–Kier alpha value is -1.97. The molecule has 0 bridgehead atoms. The van der Waals surface area contributed by atoms with Gasteiger partial charge < -0.3 is 14.4 Å². The molecule has 1 atom stereocenters. The highest BCUT2D eigenvalue weighted by Gasteiger charge is 2.21. The minimum Gasteiger partial charge on any atom is -0.493 e. The van der Waals surface area contributed by atoms with Gasteiger partial charge >= 0.3 is 0 Å². The van der Waals surface area contributed by atoms with E-state index in [1.54, 1.807) is 6.08 Å². The van der Waals surface area contributed by atoms with Crippen molar-refractivity contribution in [2.45, 2.75) is 53.1 Å². The van der Waals surface area contributed by atoms with Crippen LogP contribution in [0.1, 0.15) is 51.7 Å². The zero-order chi connectivity index (χ0) is 17.5. The first-order chi connectivity index (χ1) is 11.6. The maximum absolute atomic E-state index is 12.4. The number of fused-ring (bicyclic) bond motifs is 1. The van der Waals surface area contributed by atoms with Gasteiger partial charge in [0.15, 0.2) is 0 Å². The summed E-state index contributed by atoms with van der Waals surface area (Å²) >= 11 is 0. The molecule has 0 spiro atoms. The number of nitrogens with zero attached hydrogens (tertiary/aromatic N) is 1. The molecule has 0 fully saturated rings. The largest absolute Gasteiger partial charge is 0.493 e. The summed E-state index contributed by atoms with van der Waals surface area (Å²) in [4.78, 5) is 14.3. The van der Waals surface area contributed by atoms with Gasteiger partial charge in [0.2, 0.25) is 5.91 Å². The molecule has 24 heavy (non-hydrogen) atoms. The SMILES string of the molecule is CCCN(CCC)C(=O)/C=C/c1cc2c(cc1OCC)CC(C)O2. The van der Waals surface area contributed by atoms with Crippen molar-refractivity contribution in [3.63, 3.8) is 0 Å². The Kier molecular flexibility index (Phi) is 6.71. The summed E-state index contributed by atoms with van der Waals surface area (Å²) in [6, 6.07) is 4.03. The Morgan fingerprint density at radius 1 is 1.29 bits per heavy atom. The van der Waals surface area contributed by atoms with Crippen LogP contribution in [-0.4, -0.2) is 36.6 Å². The fraction of sp³-hybridized carbons (Fsp3) is 0.550. The van der Waals surface area contributed by atoms with Crippen LogP contribution in [0.4, 0.5) is 0 Å². The van der Waals surface area contributed by atoms with E-state index in [-0.39, 0.29) is 12.0 Å². The van der Waals surface area contributed by atoms with Gasteiger partial charge in [-0.15, -0.1) is 0 Å². The molecule has 1 aliphatic heterocycles. The third kappa shape index (κ3) is 4.53. The average molecular weight is 331 g/mol. The second kappa shape index (κ2) is 8.76. The molecule has 1 aromatic carbocycles. The number of ether oxygens (including phenoxy) is 2. The zero-order valence-corrected chi connectivity index (χ0v) is 15.3. The lowest BCUT2D eigenvalue weighted by Crippen LogP contribution is -2.30. The number of rotatable bonds is 8. The number of carbonyl (C=O) groups excluding carboxylic acids is 1. The predicted molar refractivity (Wildman–Crippen MR) is 97.6 cm³/mol. The standard InChI is InChI=1S/C20H29NO3/c1-5-10-21(11-6-2)20(22)9-8-16-13-19-17(12-15(4)24-19)14-18(16)23-7-3/h8-9,13-15H,5-7,10-12H2,1-4H3/b9-8+. The third-order valence-electron chi connectivity index (χ3n) is 4.03. The normalized spacial score (nSPS) is 16.1. The highest BCUT2D eigenvalue weighted by Crippen LogP contribution is 2.35. The van der Waals surface area contributed by atoms with E-state index in [9.17, 15) is 4.79 Å². The van der Waals surface area contributed by atoms with Gasteiger partial charge in [-0.1, -0.05) is 13.8 Å². The van der Waals surface area contributed by atoms with Crippen LogP contribution in [0.5, 0.6) is 11.5 Å². The van der Waals surface area contributed by atoms with E-state index in [0.717, 1.165) is 49.4 Å². The van der Waals surface area contributed by atoms with Gasteiger partial charge in [-0.3, -0.25) is 4.79 Å². The maximum atomic E-state index is 12.4. The second-order valence-corrected chi connectivity index (χ2v) is 6.22. The van der Waals surface area contributed by atoms with Crippen LogP contribution in [0.2, 0.25) is 0 Å². The van der Waals surface area contributed by atoms with Crippen LogP contribution < -0.4 is 9.47 Å². The fourth-order valence-corrected chi connectivity index (χ4v) is 3.00. The van der Waals surface area contributed by atoms with Gasteiger partial charge in [0.25, 0.3) is 0 Å². The molecule has 2 rings (SSSR count). The lowest BCUT2D eigenvalue weighted by atomic mass is 10.1. The molecule has 0 saturated heterocycles. The van der Waals surface area contributed by atoms with Crippen molar-refractivity contribution in [1.82, 2.24) is 4.90 Å². The van der Waals surface area contributed by atoms with Crippen molar-refractivity contribution in [3.8, 4) is 11.5 Å². The molecule has 1 amide bonds. The highest BCUT2D eigenvalue weighted by molar-refractivity contribution is 5.92. The first-order valence-corrected chi connectivity index (χ1v) is 9.02. The van der Waals surface area contributed by atoms with Crippen molar-refractivity contribution in [2.75, 3.05) is 19.7 Å². The molecule has 0 saturated carbocycles. The molecule has 0 aromatic heterocycles. The van der Waals surface area contributed by atoms with Crippen LogP contribution in [0.25, 0.3) is 6.08 Å². The molecule has 4 heteroatoms. The van der Waals surface area contributed by atoms with Crippen molar-refractivity contribution in [1.29, 1.82) is 0 Å². The first-order valence-electron chi connectivity index (χ1n) is 9.02. The molecular formula is C20H29NO3. The minimum absolute atomic E-state index is 0.0518. The summed E-state index contributed by atoms with van der Waals surface area (Å²) in [5, 5.41) is 0. The van der Waals surface area contributed by atoms with E-state index < -0.39 is 0 Å². The molecular weight excluding hydrogens is 302 g/mol. The van der Waals surface area contributed by atoms with Crippen LogP contribution in [0.3, 0.4) is 0 Å². The summed E-state index contributed by atoms with van der Waals surface area (Å²) in [7, 11) is 0. The van der Waals surface area contributed by atoms with Gasteiger partial charge in [0, 0.05) is 36.7 Å². The van der Waals surface area contributed by atoms with Gasteiger partial charge in [0.1, 0.15) is 17.6 Å². The summed E-state index contributed by atoms with van der Waals surface area (Å²) in [6.07, 6.45) is 6.52. The van der Waals surface area contributed by atoms with Crippen LogP contribution in [0.15, 0.2) is 18.2 Å². The summed E-state index contributed by atoms with van der Waals surface area (Å²) < 4.78 is 11.6. The van der Waals surface area contributed by atoms with E-state index >= 15 is 0 Å². The van der Waals surface area contributed by atoms with Crippen LogP contribution in [-0.2, 0) is 11.2 Å².